The fourth-order valence-electron chi connectivity index (χ4n) is 2.04. The molecule has 0 bridgehead atoms. The second-order valence-corrected chi connectivity index (χ2v) is 4.91. The van der Waals surface area contributed by atoms with E-state index in [1.165, 1.54) is 7.11 Å². The molecule has 0 spiro atoms. The van der Waals surface area contributed by atoms with Crippen molar-refractivity contribution in [1.82, 2.24) is 0 Å². The highest BCUT2D eigenvalue weighted by Crippen LogP contribution is 2.12. The van der Waals surface area contributed by atoms with Crippen molar-refractivity contribution in [3.8, 4) is 0 Å². The van der Waals surface area contributed by atoms with Crippen LogP contribution < -0.4 is 0 Å². The Morgan fingerprint density at radius 2 is 1.48 bits per heavy atom. The largest absolute Gasteiger partial charge is 0.469 e. The van der Waals surface area contributed by atoms with Crippen LogP contribution in [0.4, 0.5) is 0 Å². The smallest absolute Gasteiger partial charge is 0.381 e. The Hall–Kier alpha value is -1.66. The molecule has 0 aliphatic heterocycles. The molecule has 0 aromatic rings. The number of hydrogen-bond donors (Lipinski definition) is 0. The molecule has 0 fully saturated rings. The van der Waals surface area contributed by atoms with Crippen LogP contribution in [0.5, 0.6) is 0 Å². The van der Waals surface area contributed by atoms with Crippen molar-refractivity contribution >= 4 is 11.9 Å². The average molecular weight is 303 g/mol. The SMILES string of the molecule is COC(=O)CCCCCCCCCC(C(=O)OC)[N+](=O)[O-]. The maximum atomic E-state index is 11.2. The number of nitro groups is 1. The summed E-state index contributed by atoms with van der Waals surface area (Å²) in [4.78, 5) is 32.1. The van der Waals surface area contributed by atoms with E-state index in [1.807, 2.05) is 0 Å². The van der Waals surface area contributed by atoms with Crippen LogP contribution >= 0.6 is 0 Å². The van der Waals surface area contributed by atoms with Crippen molar-refractivity contribution in [2.45, 2.75) is 63.8 Å². The molecule has 122 valence electrons. The van der Waals surface area contributed by atoms with Crippen molar-refractivity contribution in [3.05, 3.63) is 10.1 Å². The Morgan fingerprint density at radius 3 is 1.95 bits per heavy atom. The number of ether oxygens (including phenoxy) is 2. The Balaban J connectivity index is 3.52. The number of unbranched alkanes of at least 4 members (excludes halogenated alkanes) is 6. The predicted molar refractivity (Wildman–Crippen MR) is 76.4 cm³/mol. The van der Waals surface area contributed by atoms with Gasteiger partial charge < -0.3 is 9.47 Å². The van der Waals surface area contributed by atoms with Crippen LogP contribution in [0.3, 0.4) is 0 Å². The van der Waals surface area contributed by atoms with E-state index in [0.29, 0.717) is 12.8 Å². The van der Waals surface area contributed by atoms with Crippen LogP contribution in [-0.2, 0) is 19.1 Å². The molecule has 21 heavy (non-hydrogen) atoms. The molecular weight excluding hydrogens is 278 g/mol. The first-order chi connectivity index (χ1) is 10.0. The highest BCUT2D eigenvalue weighted by Gasteiger charge is 2.29. The summed E-state index contributed by atoms with van der Waals surface area (Å²) < 4.78 is 8.95. The fraction of sp³-hybridized carbons (Fsp3) is 0.857. The fourth-order valence-corrected chi connectivity index (χ4v) is 2.04. The molecule has 0 aromatic heterocycles. The Labute approximate surface area is 125 Å². The first-order valence-corrected chi connectivity index (χ1v) is 7.31. The first-order valence-electron chi connectivity index (χ1n) is 7.31. The number of esters is 2. The molecule has 0 radical (unpaired) electrons. The maximum Gasteiger partial charge on any atom is 0.381 e. The number of nitrogens with zero attached hydrogens (tertiary/aromatic N) is 1. The van der Waals surface area contributed by atoms with Gasteiger partial charge in [0.2, 0.25) is 0 Å². The molecule has 0 N–H and O–H groups in total. The predicted octanol–water partition coefficient (Wildman–Crippen LogP) is 2.49. The number of hydrogen-bond acceptors (Lipinski definition) is 6. The molecule has 1 atom stereocenters. The van der Waals surface area contributed by atoms with Crippen molar-refractivity contribution < 1.29 is 24.0 Å². The molecule has 0 aromatic carbocycles. The summed E-state index contributed by atoms with van der Waals surface area (Å²) in [5.41, 5.74) is 0. The third kappa shape index (κ3) is 9.81. The van der Waals surface area contributed by atoms with Gasteiger partial charge in [-0.3, -0.25) is 14.9 Å². The first kappa shape index (κ1) is 19.3. The van der Waals surface area contributed by atoms with E-state index in [1.54, 1.807) is 0 Å². The Kier molecular flexibility index (Phi) is 11.2. The average Bonchev–Trinajstić information content (AvgIpc) is 2.47. The van der Waals surface area contributed by atoms with E-state index >= 15 is 0 Å². The number of carbonyl (C=O) groups is 2. The summed E-state index contributed by atoms with van der Waals surface area (Å²) in [5.74, 6) is -0.952. The zero-order valence-corrected chi connectivity index (χ0v) is 12.8. The van der Waals surface area contributed by atoms with Crippen LogP contribution in [0.25, 0.3) is 0 Å². The minimum absolute atomic E-state index is 0.177. The highest BCUT2D eigenvalue weighted by molar-refractivity contribution is 5.74. The maximum absolute atomic E-state index is 11.2. The molecule has 7 heteroatoms. The monoisotopic (exact) mass is 303 g/mol. The summed E-state index contributed by atoms with van der Waals surface area (Å²) >= 11 is 0. The van der Waals surface area contributed by atoms with E-state index in [-0.39, 0.29) is 12.4 Å². The van der Waals surface area contributed by atoms with Gasteiger partial charge in [-0.2, -0.15) is 0 Å². The second kappa shape index (κ2) is 12.1. The summed E-state index contributed by atoms with van der Waals surface area (Å²) in [6, 6.07) is -1.24. The number of carbonyl (C=O) groups excluding carboxylic acids is 2. The molecule has 0 heterocycles. The lowest BCUT2D eigenvalue weighted by Crippen LogP contribution is -2.30. The third-order valence-corrected chi connectivity index (χ3v) is 3.31. The number of methoxy groups -OCH3 is 2. The van der Waals surface area contributed by atoms with Crippen molar-refractivity contribution in [3.63, 3.8) is 0 Å². The lowest BCUT2D eigenvalue weighted by molar-refractivity contribution is -0.511. The van der Waals surface area contributed by atoms with E-state index in [4.69, 9.17) is 0 Å². The van der Waals surface area contributed by atoms with Crippen LogP contribution in [0.2, 0.25) is 0 Å². The Morgan fingerprint density at radius 1 is 0.952 bits per heavy atom. The minimum Gasteiger partial charge on any atom is -0.469 e. The van der Waals surface area contributed by atoms with Crippen LogP contribution in [0.1, 0.15) is 57.8 Å². The van der Waals surface area contributed by atoms with Crippen molar-refractivity contribution in [1.29, 1.82) is 0 Å². The van der Waals surface area contributed by atoms with Gasteiger partial charge in [-0.1, -0.05) is 32.1 Å². The molecule has 1 unspecified atom stereocenters. The van der Waals surface area contributed by atoms with E-state index in [2.05, 4.69) is 9.47 Å². The lowest BCUT2D eigenvalue weighted by Gasteiger charge is -2.07. The summed E-state index contributed by atoms with van der Waals surface area (Å²) in [6.45, 7) is 0. The third-order valence-electron chi connectivity index (χ3n) is 3.31. The standard InChI is InChI=1S/C14H25NO6/c1-20-13(16)11-9-7-5-3-4-6-8-10-12(15(18)19)14(17)21-2/h12H,3-11H2,1-2H3. The van der Waals surface area contributed by atoms with E-state index < -0.39 is 16.9 Å². The molecule has 0 rings (SSSR count). The van der Waals surface area contributed by atoms with E-state index in [0.717, 1.165) is 45.6 Å². The van der Waals surface area contributed by atoms with Gasteiger partial charge in [0, 0.05) is 17.8 Å². The molecular formula is C14H25NO6. The molecule has 7 nitrogen and oxygen atoms in total. The quantitative estimate of drug-likeness (QED) is 0.238. The van der Waals surface area contributed by atoms with Crippen molar-refractivity contribution in [2.75, 3.05) is 14.2 Å². The van der Waals surface area contributed by atoms with Crippen molar-refractivity contribution in [2.24, 2.45) is 0 Å². The second-order valence-electron chi connectivity index (χ2n) is 4.91. The zero-order chi connectivity index (χ0) is 16.1. The summed E-state index contributed by atoms with van der Waals surface area (Å²) in [5, 5.41) is 10.7. The van der Waals surface area contributed by atoms with Gasteiger partial charge in [-0.15, -0.1) is 0 Å². The molecule has 0 aliphatic carbocycles. The molecule has 0 aliphatic rings. The van der Waals surface area contributed by atoms with Gasteiger partial charge in [-0.25, -0.2) is 4.79 Å². The molecule has 0 saturated carbocycles. The van der Waals surface area contributed by atoms with Gasteiger partial charge >= 0.3 is 18.0 Å². The van der Waals surface area contributed by atoms with Gasteiger partial charge in [0.15, 0.2) is 0 Å². The highest BCUT2D eigenvalue weighted by atomic mass is 16.6. The molecule has 0 saturated heterocycles. The van der Waals surface area contributed by atoms with Gasteiger partial charge in [0.25, 0.3) is 0 Å². The van der Waals surface area contributed by atoms with Crippen LogP contribution in [0.15, 0.2) is 0 Å². The van der Waals surface area contributed by atoms with Gasteiger partial charge in [0.1, 0.15) is 0 Å². The topological polar surface area (TPSA) is 95.7 Å². The number of rotatable bonds is 12. The molecule has 0 amide bonds. The van der Waals surface area contributed by atoms with Crippen LogP contribution in [0, 0.1) is 10.1 Å². The van der Waals surface area contributed by atoms with E-state index in [9.17, 15) is 19.7 Å². The van der Waals surface area contributed by atoms with Gasteiger partial charge in [-0.05, 0) is 12.8 Å². The van der Waals surface area contributed by atoms with Gasteiger partial charge in [0.05, 0.1) is 14.2 Å². The normalized spacial score (nSPS) is 11.7. The zero-order valence-electron chi connectivity index (χ0n) is 12.8. The summed E-state index contributed by atoms with van der Waals surface area (Å²) in [7, 11) is 2.54. The lowest BCUT2D eigenvalue weighted by atomic mass is 10.0. The summed E-state index contributed by atoms with van der Waals surface area (Å²) in [6.07, 6.45) is 7.04. The van der Waals surface area contributed by atoms with Crippen LogP contribution in [-0.4, -0.2) is 37.1 Å². The Bertz CT molecular complexity index is 331. The minimum atomic E-state index is -1.24.